The van der Waals surface area contributed by atoms with E-state index in [9.17, 15) is 4.39 Å². The molecule has 2 aromatic heterocycles. The fraction of sp³-hybridized carbons (Fsp3) is 0.385. The Bertz CT molecular complexity index is 574. The topological polar surface area (TPSA) is 64.0 Å². The molecule has 1 atom stereocenters. The highest BCUT2D eigenvalue weighted by molar-refractivity contribution is 5.31. The average molecular weight is 275 g/mol. The van der Waals surface area contributed by atoms with Gasteiger partial charge in [-0.15, -0.1) is 0 Å². The van der Waals surface area contributed by atoms with Gasteiger partial charge in [-0.05, 0) is 12.5 Å². The smallest absolute Gasteiger partial charge is 0.316 e. The Morgan fingerprint density at radius 2 is 1.85 bits per heavy atom. The van der Waals surface area contributed by atoms with Gasteiger partial charge in [0.1, 0.15) is 6.10 Å². The number of aromatic nitrogens is 4. The first kappa shape index (κ1) is 12.7. The molecule has 0 radical (unpaired) electrons. The van der Waals surface area contributed by atoms with Crippen LogP contribution in [0.1, 0.15) is 12.0 Å². The Kier molecular flexibility index (Phi) is 3.41. The molecule has 0 amide bonds. The van der Waals surface area contributed by atoms with E-state index in [-0.39, 0.29) is 6.10 Å². The van der Waals surface area contributed by atoms with Crippen LogP contribution in [-0.4, -0.2) is 39.1 Å². The Morgan fingerprint density at radius 1 is 1.15 bits per heavy atom. The van der Waals surface area contributed by atoms with Crippen molar-refractivity contribution < 1.29 is 9.13 Å². The predicted octanol–water partition coefficient (Wildman–Crippen LogP) is 1.37. The Morgan fingerprint density at radius 3 is 2.55 bits per heavy atom. The van der Waals surface area contributed by atoms with Crippen molar-refractivity contribution in [3.63, 3.8) is 0 Å². The zero-order valence-corrected chi connectivity index (χ0v) is 11.0. The summed E-state index contributed by atoms with van der Waals surface area (Å²) in [6, 6.07) is 0.377. The molecule has 1 unspecified atom stereocenters. The maximum atomic E-state index is 12.8. The molecule has 0 aromatic carbocycles. The monoisotopic (exact) mass is 275 g/mol. The van der Waals surface area contributed by atoms with E-state index >= 15 is 0 Å². The van der Waals surface area contributed by atoms with Gasteiger partial charge in [-0.1, -0.05) is 0 Å². The zero-order chi connectivity index (χ0) is 13.9. The maximum Gasteiger partial charge on any atom is 0.316 e. The van der Waals surface area contributed by atoms with Crippen LogP contribution in [0, 0.1) is 12.7 Å². The van der Waals surface area contributed by atoms with Crippen LogP contribution >= 0.6 is 0 Å². The first-order valence-corrected chi connectivity index (χ1v) is 6.38. The SMILES string of the molecule is Cc1cnc(OC2CCN(c3ncc(F)cn3)C2)nc1. The summed E-state index contributed by atoms with van der Waals surface area (Å²) in [6.45, 7) is 3.33. The first-order valence-electron chi connectivity index (χ1n) is 6.38. The molecule has 0 N–H and O–H groups in total. The van der Waals surface area contributed by atoms with E-state index in [0.29, 0.717) is 18.5 Å². The van der Waals surface area contributed by atoms with E-state index in [1.807, 2.05) is 11.8 Å². The fourth-order valence-corrected chi connectivity index (χ4v) is 2.07. The highest BCUT2D eigenvalue weighted by Crippen LogP contribution is 2.18. The van der Waals surface area contributed by atoms with Gasteiger partial charge in [-0.25, -0.2) is 24.3 Å². The average Bonchev–Trinajstić information content (AvgIpc) is 2.91. The van der Waals surface area contributed by atoms with E-state index in [1.54, 1.807) is 12.4 Å². The molecule has 6 nitrogen and oxygen atoms in total. The van der Waals surface area contributed by atoms with Crippen molar-refractivity contribution in [3.8, 4) is 6.01 Å². The van der Waals surface area contributed by atoms with Gasteiger partial charge in [0.2, 0.25) is 5.95 Å². The van der Waals surface area contributed by atoms with Gasteiger partial charge in [0.25, 0.3) is 0 Å². The molecule has 3 rings (SSSR count). The van der Waals surface area contributed by atoms with Crippen molar-refractivity contribution in [2.45, 2.75) is 19.4 Å². The molecule has 2 aromatic rings. The predicted molar refractivity (Wildman–Crippen MR) is 70.0 cm³/mol. The lowest BCUT2D eigenvalue weighted by Crippen LogP contribution is -2.26. The van der Waals surface area contributed by atoms with Gasteiger partial charge < -0.3 is 9.64 Å². The summed E-state index contributed by atoms with van der Waals surface area (Å²) in [5.41, 5.74) is 0.991. The second-order valence-electron chi connectivity index (χ2n) is 4.72. The van der Waals surface area contributed by atoms with Crippen LogP contribution in [0.25, 0.3) is 0 Å². The van der Waals surface area contributed by atoms with E-state index < -0.39 is 5.82 Å². The number of hydrogen-bond donors (Lipinski definition) is 0. The zero-order valence-electron chi connectivity index (χ0n) is 11.0. The standard InChI is InChI=1S/C13H14FN5O/c1-9-4-17-13(18-5-9)20-11-2-3-19(8-11)12-15-6-10(14)7-16-12/h4-7,11H,2-3,8H2,1H3. The van der Waals surface area contributed by atoms with Crippen molar-refractivity contribution >= 4 is 5.95 Å². The maximum absolute atomic E-state index is 12.8. The third-order valence-electron chi connectivity index (χ3n) is 3.06. The third kappa shape index (κ3) is 2.81. The van der Waals surface area contributed by atoms with E-state index in [0.717, 1.165) is 18.5 Å². The van der Waals surface area contributed by atoms with Crippen LogP contribution in [-0.2, 0) is 0 Å². The van der Waals surface area contributed by atoms with Crippen LogP contribution in [0.5, 0.6) is 6.01 Å². The lowest BCUT2D eigenvalue weighted by atomic mass is 10.3. The van der Waals surface area contributed by atoms with Gasteiger partial charge in [-0.3, -0.25) is 0 Å². The normalized spacial score (nSPS) is 18.3. The van der Waals surface area contributed by atoms with Crippen LogP contribution in [0.15, 0.2) is 24.8 Å². The Labute approximate surface area is 115 Å². The quantitative estimate of drug-likeness (QED) is 0.843. The fourth-order valence-electron chi connectivity index (χ4n) is 2.07. The van der Waals surface area contributed by atoms with Crippen molar-refractivity contribution in [2.24, 2.45) is 0 Å². The Balaban J connectivity index is 1.62. The summed E-state index contributed by atoms with van der Waals surface area (Å²) in [6.07, 6.45) is 6.60. The molecule has 3 heterocycles. The van der Waals surface area contributed by atoms with Crippen molar-refractivity contribution in [2.75, 3.05) is 18.0 Å². The molecule has 0 aliphatic carbocycles. The number of rotatable bonds is 3. The minimum absolute atomic E-state index is 0.00800. The van der Waals surface area contributed by atoms with E-state index in [1.165, 1.54) is 12.4 Å². The third-order valence-corrected chi connectivity index (χ3v) is 3.06. The largest absolute Gasteiger partial charge is 0.458 e. The first-order chi connectivity index (χ1) is 9.70. The molecule has 1 aliphatic heterocycles. The lowest BCUT2D eigenvalue weighted by Gasteiger charge is -2.16. The van der Waals surface area contributed by atoms with Crippen molar-refractivity contribution in [1.29, 1.82) is 0 Å². The summed E-state index contributed by atoms with van der Waals surface area (Å²) < 4.78 is 18.5. The molecule has 1 aliphatic rings. The van der Waals surface area contributed by atoms with Gasteiger partial charge in [0.05, 0.1) is 18.9 Å². The molecule has 1 fully saturated rings. The van der Waals surface area contributed by atoms with Crippen LogP contribution in [0.3, 0.4) is 0 Å². The minimum Gasteiger partial charge on any atom is -0.458 e. The number of aryl methyl sites for hydroxylation is 1. The Hall–Kier alpha value is -2.31. The highest BCUT2D eigenvalue weighted by Gasteiger charge is 2.26. The molecule has 7 heteroatoms. The number of anilines is 1. The molecule has 1 saturated heterocycles. The van der Waals surface area contributed by atoms with Gasteiger partial charge in [-0.2, -0.15) is 0 Å². The molecular weight excluding hydrogens is 261 g/mol. The molecule has 20 heavy (non-hydrogen) atoms. The number of ether oxygens (including phenoxy) is 1. The summed E-state index contributed by atoms with van der Waals surface area (Å²) in [4.78, 5) is 18.1. The van der Waals surface area contributed by atoms with Crippen LogP contribution in [0.2, 0.25) is 0 Å². The summed E-state index contributed by atoms with van der Waals surface area (Å²) in [7, 11) is 0. The van der Waals surface area contributed by atoms with Crippen LogP contribution in [0.4, 0.5) is 10.3 Å². The number of nitrogens with zero attached hydrogens (tertiary/aromatic N) is 5. The molecule has 0 bridgehead atoms. The van der Waals surface area contributed by atoms with Crippen LogP contribution < -0.4 is 9.64 Å². The summed E-state index contributed by atoms with van der Waals surface area (Å²) in [5.74, 6) is 0.0797. The number of halogens is 1. The van der Waals surface area contributed by atoms with Crippen molar-refractivity contribution in [3.05, 3.63) is 36.2 Å². The second kappa shape index (κ2) is 5.36. The van der Waals surface area contributed by atoms with E-state index in [4.69, 9.17) is 4.74 Å². The summed E-state index contributed by atoms with van der Waals surface area (Å²) >= 11 is 0. The lowest BCUT2D eigenvalue weighted by molar-refractivity contribution is 0.206. The minimum atomic E-state index is -0.436. The van der Waals surface area contributed by atoms with E-state index in [2.05, 4.69) is 19.9 Å². The molecule has 104 valence electrons. The molecular formula is C13H14FN5O. The second-order valence-corrected chi connectivity index (χ2v) is 4.72. The highest BCUT2D eigenvalue weighted by atomic mass is 19.1. The summed E-state index contributed by atoms with van der Waals surface area (Å²) in [5, 5.41) is 0. The van der Waals surface area contributed by atoms with Gasteiger partial charge in [0.15, 0.2) is 5.82 Å². The van der Waals surface area contributed by atoms with Gasteiger partial charge >= 0.3 is 6.01 Å². The van der Waals surface area contributed by atoms with Gasteiger partial charge in [0, 0.05) is 25.4 Å². The molecule has 0 spiro atoms. The molecule has 0 saturated carbocycles. The number of hydrogen-bond acceptors (Lipinski definition) is 6. The van der Waals surface area contributed by atoms with Crippen molar-refractivity contribution in [1.82, 2.24) is 19.9 Å².